The number of thiazole rings is 1. The monoisotopic (exact) mass is 340 g/mol. The Hall–Kier alpha value is -1.27. The Morgan fingerprint density at radius 2 is 2.32 bits per heavy atom. The van der Waals surface area contributed by atoms with E-state index in [1.54, 1.807) is 13.1 Å². The van der Waals surface area contributed by atoms with Crippen LogP contribution in [-0.2, 0) is 16.0 Å². The van der Waals surface area contributed by atoms with Gasteiger partial charge in [-0.1, -0.05) is 0 Å². The van der Waals surface area contributed by atoms with Crippen LogP contribution in [0.4, 0.5) is 0 Å². The molecule has 0 saturated carbocycles. The SMILES string of the molecule is CCOC(=O)CCc1csc(-c2ccc(Br)cn2)n1. The second-order valence-electron chi connectivity index (χ2n) is 3.81. The molecule has 2 rings (SSSR count). The molecule has 2 aromatic heterocycles. The van der Waals surface area contributed by atoms with Gasteiger partial charge in [0.05, 0.1) is 24.4 Å². The van der Waals surface area contributed by atoms with Crippen molar-refractivity contribution in [3.05, 3.63) is 33.9 Å². The molecule has 0 fully saturated rings. The average molecular weight is 341 g/mol. The largest absolute Gasteiger partial charge is 0.466 e. The fourth-order valence-electron chi connectivity index (χ4n) is 1.51. The maximum absolute atomic E-state index is 11.3. The van der Waals surface area contributed by atoms with E-state index in [0.717, 1.165) is 20.9 Å². The van der Waals surface area contributed by atoms with Gasteiger partial charge in [-0.15, -0.1) is 11.3 Å². The van der Waals surface area contributed by atoms with E-state index in [9.17, 15) is 4.79 Å². The fourth-order valence-corrected chi connectivity index (χ4v) is 2.57. The average Bonchev–Trinajstić information content (AvgIpc) is 2.86. The summed E-state index contributed by atoms with van der Waals surface area (Å²) < 4.78 is 5.83. The summed E-state index contributed by atoms with van der Waals surface area (Å²) in [7, 11) is 0. The van der Waals surface area contributed by atoms with Crippen molar-refractivity contribution >= 4 is 33.2 Å². The maximum Gasteiger partial charge on any atom is 0.306 e. The van der Waals surface area contributed by atoms with Crippen LogP contribution in [-0.4, -0.2) is 22.5 Å². The molecular weight excluding hydrogens is 328 g/mol. The number of aromatic nitrogens is 2. The van der Waals surface area contributed by atoms with Crippen molar-refractivity contribution in [2.75, 3.05) is 6.61 Å². The third kappa shape index (κ3) is 4.11. The zero-order valence-electron chi connectivity index (χ0n) is 10.4. The van der Waals surface area contributed by atoms with E-state index < -0.39 is 0 Å². The number of carbonyl (C=O) groups excluding carboxylic acids is 1. The van der Waals surface area contributed by atoms with Crippen molar-refractivity contribution in [3.63, 3.8) is 0 Å². The first-order chi connectivity index (χ1) is 9.19. The number of rotatable bonds is 5. The lowest BCUT2D eigenvalue weighted by Gasteiger charge is -1.99. The van der Waals surface area contributed by atoms with Crippen molar-refractivity contribution in [2.45, 2.75) is 19.8 Å². The molecule has 0 aliphatic rings. The highest BCUT2D eigenvalue weighted by Crippen LogP contribution is 2.23. The summed E-state index contributed by atoms with van der Waals surface area (Å²) in [5.74, 6) is -0.182. The fraction of sp³-hybridized carbons (Fsp3) is 0.308. The zero-order valence-corrected chi connectivity index (χ0v) is 12.8. The summed E-state index contributed by atoms with van der Waals surface area (Å²) in [6.07, 6.45) is 2.71. The van der Waals surface area contributed by atoms with Crippen LogP contribution in [0, 0.1) is 0 Å². The highest BCUT2D eigenvalue weighted by atomic mass is 79.9. The maximum atomic E-state index is 11.3. The number of ether oxygens (including phenoxy) is 1. The molecule has 0 aromatic carbocycles. The number of carbonyl (C=O) groups is 1. The van der Waals surface area contributed by atoms with Crippen LogP contribution in [0.5, 0.6) is 0 Å². The van der Waals surface area contributed by atoms with E-state index in [-0.39, 0.29) is 5.97 Å². The molecule has 19 heavy (non-hydrogen) atoms. The summed E-state index contributed by atoms with van der Waals surface area (Å²) in [6, 6.07) is 3.85. The second kappa shape index (κ2) is 6.77. The van der Waals surface area contributed by atoms with E-state index in [1.165, 1.54) is 11.3 Å². The number of esters is 1. The minimum Gasteiger partial charge on any atom is -0.466 e. The van der Waals surface area contributed by atoms with Crippen LogP contribution in [0.3, 0.4) is 0 Å². The van der Waals surface area contributed by atoms with Crippen LogP contribution in [0.25, 0.3) is 10.7 Å². The van der Waals surface area contributed by atoms with E-state index in [2.05, 4.69) is 25.9 Å². The van der Waals surface area contributed by atoms with Gasteiger partial charge in [-0.05, 0) is 35.0 Å². The normalized spacial score (nSPS) is 10.4. The van der Waals surface area contributed by atoms with Crippen LogP contribution in [0.1, 0.15) is 19.0 Å². The predicted molar refractivity (Wildman–Crippen MR) is 78.0 cm³/mol. The number of hydrogen-bond donors (Lipinski definition) is 0. The molecule has 0 N–H and O–H groups in total. The Balaban J connectivity index is 1.99. The highest BCUT2D eigenvalue weighted by Gasteiger charge is 2.08. The Morgan fingerprint density at radius 1 is 1.47 bits per heavy atom. The highest BCUT2D eigenvalue weighted by molar-refractivity contribution is 9.10. The molecule has 0 saturated heterocycles. The van der Waals surface area contributed by atoms with E-state index in [1.807, 2.05) is 17.5 Å². The molecule has 0 radical (unpaired) electrons. The molecule has 0 unspecified atom stereocenters. The molecule has 2 aromatic rings. The molecule has 0 aliphatic heterocycles. The molecular formula is C13H13BrN2O2S. The van der Waals surface area contributed by atoms with Crippen molar-refractivity contribution in [1.29, 1.82) is 0 Å². The van der Waals surface area contributed by atoms with Gasteiger partial charge in [-0.3, -0.25) is 9.78 Å². The van der Waals surface area contributed by atoms with E-state index in [4.69, 9.17) is 4.74 Å². The van der Waals surface area contributed by atoms with Gasteiger partial charge in [0.1, 0.15) is 5.01 Å². The van der Waals surface area contributed by atoms with Crippen molar-refractivity contribution in [3.8, 4) is 10.7 Å². The lowest BCUT2D eigenvalue weighted by atomic mass is 10.2. The first-order valence-electron chi connectivity index (χ1n) is 5.91. The number of nitrogens with zero attached hydrogens (tertiary/aromatic N) is 2. The van der Waals surface area contributed by atoms with Gasteiger partial charge in [0.2, 0.25) is 0 Å². The lowest BCUT2D eigenvalue weighted by molar-refractivity contribution is -0.143. The molecule has 2 heterocycles. The molecule has 0 aliphatic carbocycles. The molecule has 100 valence electrons. The van der Waals surface area contributed by atoms with E-state index >= 15 is 0 Å². The lowest BCUT2D eigenvalue weighted by Crippen LogP contribution is -2.05. The number of halogens is 1. The number of hydrogen-bond acceptors (Lipinski definition) is 5. The molecule has 0 amide bonds. The third-order valence-electron chi connectivity index (χ3n) is 2.39. The number of pyridine rings is 1. The molecule has 0 bridgehead atoms. The van der Waals surface area contributed by atoms with Gasteiger partial charge < -0.3 is 4.74 Å². The number of aryl methyl sites for hydroxylation is 1. The smallest absolute Gasteiger partial charge is 0.306 e. The second-order valence-corrected chi connectivity index (χ2v) is 5.58. The van der Waals surface area contributed by atoms with Gasteiger partial charge in [0.15, 0.2) is 0 Å². The molecule has 6 heteroatoms. The van der Waals surface area contributed by atoms with Crippen LogP contribution in [0.2, 0.25) is 0 Å². The van der Waals surface area contributed by atoms with Crippen molar-refractivity contribution in [1.82, 2.24) is 9.97 Å². The van der Waals surface area contributed by atoms with Crippen LogP contribution in [0.15, 0.2) is 28.2 Å². The minimum atomic E-state index is -0.182. The van der Waals surface area contributed by atoms with Gasteiger partial charge in [-0.25, -0.2) is 4.98 Å². The standard InChI is InChI=1S/C13H13BrN2O2S/c1-2-18-12(17)6-4-10-8-19-13(16-10)11-5-3-9(14)7-15-11/h3,5,7-8H,2,4,6H2,1H3. The van der Waals surface area contributed by atoms with Crippen molar-refractivity contribution < 1.29 is 9.53 Å². The Kier molecular flexibility index (Phi) is 5.04. The van der Waals surface area contributed by atoms with Crippen LogP contribution < -0.4 is 0 Å². The van der Waals surface area contributed by atoms with Crippen LogP contribution >= 0.6 is 27.3 Å². The van der Waals surface area contributed by atoms with Gasteiger partial charge in [0, 0.05) is 22.5 Å². The summed E-state index contributed by atoms with van der Waals surface area (Å²) in [5.41, 5.74) is 1.74. The molecule has 4 nitrogen and oxygen atoms in total. The first-order valence-corrected chi connectivity index (χ1v) is 7.58. The third-order valence-corrected chi connectivity index (χ3v) is 3.77. The quantitative estimate of drug-likeness (QED) is 0.782. The first kappa shape index (κ1) is 14.1. The Morgan fingerprint density at radius 3 is 3.00 bits per heavy atom. The molecule has 0 spiro atoms. The van der Waals surface area contributed by atoms with Gasteiger partial charge in [0.25, 0.3) is 0 Å². The van der Waals surface area contributed by atoms with Gasteiger partial charge >= 0.3 is 5.97 Å². The summed E-state index contributed by atoms with van der Waals surface area (Å²) in [4.78, 5) is 20.0. The Labute approximate surface area is 124 Å². The topological polar surface area (TPSA) is 52.1 Å². The summed E-state index contributed by atoms with van der Waals surface area (Å²) in [6.45, 7) is 2.22. The Bertz CT molecular complexity index is 554. The summed E-state index contributed by atoms with van der Waals surface area (Å²) in [5, 5.41) is 2.82. The van der Waals surface area contributed by atoms with Crippen molar-refractivity contribution in [2.24, 2.45) is 0 Å². The predicted octanol–water partition coefficient (Wildman–Crippen LogP) is 3.46. The molecule has 0 atom stereocenters. The zero-order chi connectivity index (χ0) is 13.7. The summed E-state index contributed by atoms with van der Waals surface area (Å²) >= 11 is 4.88. The van der Waals surface area contributed by atoms with Gasteiger partial charge in [-0.2, -0.15) is 0 Å². The van der Waals surface area contributed by atoms with E-state index in [0.29, 0.717) is 19.4 Å². The minimum absolute atomic E-state index is 0.182.